The number of allylic oxidation sites excluding steroid dienone is 2. The summed E-state index contributed by atoms with van der Waals surface area (Å²) in [5.74, 6) is 0.218. The average molecular weight is 751 g/mol. The third kappa shape index (κ3) is 5.94. The van der Waals surface area contributed by atoms with Crippen molar-refractivity contribution in [2.75, 3.05) is 13.2 Å². The van der Waals surface area contributed by atoms with E-state index in [0.29, 0.717) is 11.8 Å². The minimum atomic E-state index is -1.65. The lowest BCUT2D eigenvalue weighted by atomic mass is 9.33. The van der Waals surface area contributed by atoms with Crippen LogP contribution in [0.25, 0.3) is 0 Å². The van der Waals surface area contributed by atoms with Gasteiger partial charge < -0.3 is 54.7 Å². The maximum atomic E-state index is 13.0. The van der Waals surface area contributed by atoms with E-state index in [1.165, 1.54) is 5.57 Å². The van der Waals surface area contributed by atoms with Gasteiger partial charge in [0.2, 0.25) is 0 Å². The number of rotatable bonds is 6. The maximum absolute atomic E-state index is 13.0. The summed E-state index contributed by atoms with van der Waals surface area (Å²) < 4.78 is 23.7. The summed E-state index contributed by atoms with van der Waals surface area (Å²) in [5.41, 5.74) is 0.584. The van der Waals surface area contributed by atoms with Crippen LogP contribution >= 0.6 is 0 Å². The Hall–Kier alpha value is -1.19. The number of carboxylic acids is 1. The molecule has 6 fully saturated rings. The Kier molecular flexibility index (Phi) is 10.2. The number of carbonyl (C=O) groups is 1. The Balaban J connectivity index is 1.06. The van der Waals surface area contributed by atoms with E-state index in [4.69, 9.17) is 18.9 Å². The quantitative estimate of drug-likeness (QED) is 0.155. The molecule has 0 bridgehead atoms. The second kappa shape index (κ2) is 13.5. The molecule has 0 aromatic rings. The summed E-state index contributed by atoms with van der Waals surface area (Å²) in [6.45, 7) is 15.8. The van der Waals surface area contributed by atoms with E-state index < -0.39 is 73.3 Å². The maximum Gasteiger partial charge on any atom is 0.310 e. The van der Waals surface area contributed by atoms with E-state index in [9.17, 15) is 40.5 Å². The monoisotopic (exact) mass is 750 g/mol. The van der Waals surface area contributed by atoms with E-state index in [1.54, 1.807) is 0 Å². The van der Waals surface area contributed by atoms with Crippen molar-refractivity contribution in [1.29, 1.82) is 0 Å². The molecule has 7 N–H and O–H groups in total. The number of aliphatic hydroxyl groups excluding tert-OH is 6. The van der Waals surface area contributed by atoms with Crippen molar-refractivity contribution in [3.63, 3.8) is 0 Å². The van der Waals surface area contributed by atoms with Crippen molar-refractivity contribution in [2.24, 2.45) is 50.2 Å². The van der Waals surface area contributed by atoms with Gasteiger partial charge in [-0.3, -0.25) is 4.79 Å². The standard InChI is InChI=1S/C41H66O12/c1-36(2)14-16-41(35(48)49)17-15-39(6)21(22(41)18-36)8-9-26-38(5)12-11-27(37(3,4)25(38)10-13-40(26,39)7)53-33-31(46)29(44)24(20-50-33)52-34-32(47)30(45)28(43)23(19-42)51-34/h8,22-34,42-47H,9-20H2,1-7H3,(H,48,49)/t22-,23-,24+,25-,26-,27+,28-,29+,30+,31-,32-,33+,34+,38+,39-,40-,41+/m1/s1. The Morgan fingerprint density at radius 1 is 0.792 bits per heavy atom. The van der Waals surface area contributed by atoms with Crippen molar-refractivity contribution in [3.8, 4) is 0 Å². The van der Waals surface area contributed by atoms with Crippen LogP contribution in [0.2, 0.25) is 0 Å². The zero-order valence-corrected chi connectivity index (χ0v) is 32.7. The molecule has 2 aliphatic heterocycles. The van der Waals surface area contributed by atoms with Gasteiger partial charge in [0, 0.05) is 0 Å². The smallest absolute Gasteiger partial charge is 0.310 e. The molecule has 4 saturated carbocycles. The van der Waals surface area contributed by atoms with Crippen molar-refractivity contribution < 1.29 is 59.5 Å². The molecule has 0 spiro atoms. The summed E-state index contributed by atoms with van der Waals surface area (Å²) in [6.07, 6.45) is -1.38. The van der Waals surface area contributed by atoms with Crippen molar-refractivity contribution in [3.05, 3.63) is 11.6 Å². The molecule has 2 heterocycles. The molecule has 0 unspecified atom stereocenters. The Bertz CT molecular complexity index is 1430. The first kappa shape index (κ1) is 40.0. The first-order valence-electron chi connectivity index (χ1n) is 20.2. The van der Waals surface area contributed by atoms with Crippen LogP contribution in [0.15, 0.2) is 11.6 Å². The molecular formula is C41H66O12. The Morgan fingerprint density at radius 3 is 2.15 bits per heavy atom. The molecule has 17 atom stereocenters. The minimum absolute atomic E-state index is 0.0183. The number of fused-ring (bicyclic) bond motifs is 7. The fourth-order valence-electron chi connectivity index (χ4n) is 13.4. The van der Waals surface area contributed by atoms with E-state index >= 15 is 0 Å². The van der Waals surface area contributed by atoms with E-state index in [-0.39, 0.29) is 45.7 Å². The average Bonchev–Trinajstić information content (AvgIpc) is 3.09. The van der Waals surface area contributed by atoms with Gasteiger partial charge in [-0.1, -0.05) is 60.1 Å². The number of aliphatic carboxylic acids is 1. The molecule has 0 aromatic carbocycles. The van der Waals surface area contributed by atoms with Crippen molar-refractivity contribution >= 4 is 5.97 Å². The molecule has 0 aromatic heterocycles. The second-order valence-electron chi connectivity index (χ2n) is 20.2. The Labute approximate surface area is 314 Å². The molecule has 12 nitrogen and oxygen atoms in total. The molecule has 2 saturated heterocycles. The van der Waals surface area contributed by atoms with Crippen molar-refractivity contribution in [1.82, 2.24) is 0 Å². The summed E-state index contributed by atoms with van der Waals surface area (Å²) >= 11 is 0. The summed E-state index contributed by atoms with van der Waals surface area (Å²) in [4.78, 5) is 13.0. The lowest BCUT2D eigenvalue weighted by Gasteiger charge is -2.71. The van der Waals surface area contributed by atoms with Crippen LogP contribution in [-0.4, -0.2) is 116 Å². The first-order valence-corrected chi connectivity index (χ1v) is 20.2. The van der Waals surface area contributed by atoms with Crippen LogP contribution in [0.1, 0.15) is 113 Å². The first-order chi connectivity index (χ1) is 24.7. The highest BCUT2D eigenvalue weighted by Crippen LogP contribution is 2.76. The van der Waals surface area contributed by atoms with Gasteiger partial charge in [-0.15, -0.1) is 0 Å². The number of hydrogen-bond donors (Lipinski definition) is 7. The zero-order chi connectivity index (χ0) is 38.7. The van der Waals surface area contributed by atoms with Crippen LogP contribution in [0.4, 0.5) is 0 Å². The predicted octanol–water partition coefficient (Wildman–Crippen LogP) is 3.52. The molecule has 0 amide bonds. The molecule has 53 heavy (non-hydrogen) atoms. The molecular weight excluding hydrogens is 684 g/mol. The van der Waals surface area contributed by atoms with Gasteiger partial charge in [-0.2, -0.15) is 0 Å². The summed E-state index contributed by atoms with van der Waals surface area (Å²) in [6, 6.07) is 0. The lowest BCUT2D eigenvalue weighted by molar-refractivity contribution is -0.351. The highest BCUT2D eigenvalue weighted by molar-refractivity contribution is 5.76. The third-order valence-corrected chi connectivity index (χ3v) is 16.9. The lowest BCUT2D eigenvalue weighted by Crippen LogP contribution is -2.66. The third-order valence-electron chi connectivity index (χ3n) is 16.9. The van der Waals surface area contributed by atoms with Crippen molar-refractivity contribution in [2.45, 2.75) is 174 Å². The molecule has 0 radical (unpaired) electrons. The topological polar surface area (TPSA) is 196 Å². The largest absolute Gasteiger partial charge is 0.481 e. The fourth-order valence-corrected chi connectivity index (χ4v) is 13.4. The Morgan fingerprint density at radius 2 is 1.47 bits per heavy atom. The molecule has 5 aliphatic carbocycles. The van der Waals surface area contributed by atoms with Crippen LogP contribution in [0.5, 0.6) is 0 Å². The minimum Gasteiger partial charge on any atom is -0.481 e. The number of carboxylic acid groups (broad SMARTS) is 1. The van der Waals surface area contributed by atoms with Gasteiger partial charge in [0.05, 0.1) is 24.7 Å². The molecule has 7 rings (SSSR count). The highest BCUT2D eigenvalue weighted by Gasteiger charge is 2.69. The van der Waals surface area contributed by atoms with Crippen LogP contribution in [0, 0.1) is 50.2 Å². The van der Waals surface area contributed by atoms with E-state index in [0.717, 1.165) is 64.2 Å². The highest BCUT2D eigenvalue weighted by atomic mass is 16.7. The zero-order valence-electron chi connectivity index (χ0n) is 32.7. The second-order valence-corrected chi connectivity index (χ2v) is 20.2. The van der Waals surface area contributed by atoms with Gasteiger partial charge in [0.1, 0.15) is 42.7 Å². The van der Waals surface area contributed by atoms with Gasteiger partial charge in [0.15, 0.2) is 12.6 Å². The summed E-state index contributed by atoms with van der Waals surface area (Å²) in [5, 5.41) is 73.2. The van der Waals surface area contributed by atoms with Crippen LogP contribution < -0.4 is 0 Å². The van der Waals surface area contributed by atoms with Gasteiger partial charge >= 0.3 is 5.97 Å². The van der Waals surface area contributed by atoms with E-state index in [2.05, 4.69) is 54.5 Å². The fraction of sp³-hybridized carbons (Fsp3) is 0.927. The number of hydrogen-bond acceptors (Lipinski definition) is 11. The van der Waals surface area contributed by atoms with Crippen LogP contribution in [0.3, 0.4) is 0 Å². The van der Waals surface area contributed by atoms with Crippen LogP contribution in [-0.2, 0) is 23.7 Å². The van der Waals surface area contributed by atoms with E-state index in [1.807, 2.05) is 0 Å². The SMILES string of the molecule is CC1(C)CC[C@]2(C(=O)O)CC[C@]3(C)C(=CC[C@@H]4[C@@]5(C)CC[C@H](O[C@@H]6OC[C@H](O[C@@H]7O[C@H](CO)[C@@H](O)[C@H](O)[C@H]7O)[C@H](O)[C@H]6O)C(C)(C)[C@H]5CC[C@]43C)[C@H]2C1. The predicted molar refractivity (Wildman–Crippen MR) is 192 cm³/mol. The molecule has 302 valence electrons. The summed E-state index contributed by atoms with van der Waals surface area (Å²) in [7, 11) is 0. The van der Waals surface area contributed by atoms with Gasteiger partial charge in [0.25, 0.3) is 0 Å². The molecule has 7 aliphatic rings. The number of ether oxygens (including phenoxy) is 4. The number of aliphatic hydroxyl groups is 6. The normalized spacial score (nSPS) is 53.3. The van der Waals surface area contributed by atoms with Gasteiger partial charge in [-0.25, -0.2) is 0 Å². The molecule has 12 heteroatoms. The van der Waals surface area contributed by atoms with Gasteiger partial charge in [-0.05, 0) is 109 Å².